The maximum absolute atomic E-state index is 11.3. The number of aliphatic carboxylic acids is 1. The first kappa shape index (κ1) is 18.4. The fourth-order valence-corrected chi connectivity index (χ4v) is 2.65. The molecule has 2 aromatic carbocycles. The Morgan fingerprint density at radius 3 is 2.12 bits per heavy atom. The van der Waals surface area contributed by atoms with Crippen LogP contribution >= 0.6 is 23.2 Å². The third-order valence-electron chi connectivity index (χ3n) is 3.73. The van der Waals surface area contributed by atoms with Crippen molar-refractivity contribution in [2.45, 2.75) is 17.2 Å². The van der Waals surface area contributed by atoms with Crippen LogP contribution in [0, 0.1) is 0 Å². The Balaban J connectivity index is 2.20. The molecule has 0 saturated heterocycles. The zero-order valence-corrected chi connectivity index (χ0v) is 14.9. The minimum atomic E-state index is -2.05. The molecule has 0 aliphatic heterocycles. The van der Waals surface area contributed by atoms with E-state index >= 15 is 0 Å². The van der Waals surface area contributed by atoms with Gasteiger partial charge in [-0.25, -0.2) is 4.79 Å². The Labute approximate surface area is 150 Å². The zero-order valence-electron chi connectivity index (χ0n) is 13.4. The highest BCUT2D eigenvalue weighted by Crippen LogP contribution is 2.40. The van der Waals surface area contributed by atoms with E-state index in [0.29, 0.717) is 12.2 Å². The van der Waals surface area contributed by atoms with Crippen molar-refractivity contribution < 1.29 is 19.4 Å². The van der Waals surface area contributed by atoms with Crippen LogP contribution in [0.1, 0.15) is 16.7 Å². The van der Waals surface area contributed by atoms with Crippen molar-refractivity contribution in [3.8, 4) is 11.5 Å². The van der Waals surface area contributed by atoms with Crippen LogP contribution in [-0.4, -0.2) is 25.3 Å². The molecule has 128 valence electrons. The predicted octanol–water partition coefficient (Wildman–Crippen LogP) is 4.20. The first-order valence-electron chi connectivity index (χ1n) is 7.30. The zero-order chi connectivity index (χ0) is 17.7. The number of alkyl halides is 2. The van der Waals surface area contributed by atoms with Crippen LogP contribution < -0.4 is 9.47 Å². The molecule has 0 aliphatic carbocycles. The average molecular weight is 369 g/mol. The maximum atomic E-state index is 11.3. The van der Waals surface area contributed by atoms with Crippen molar-refractivity contribution in [1.82, 2.24) is 0 Å². The van der Waals surface area contributed by atoms with E-state index in [-0.39, 0.29) is 5.56 Å². The molecule has 2 rings (SSSR count). The number of aryl methyl sites for hydroxylation is 2. The third-order valence-corrected chi connectivity index (χ3v) is 4.46. The van der Waals surface area contributed by atoms with Crippen LogP contribution in [0.5, 0.6) is 11.5 Å². The van der Waals surface area contributed by atoms with Gasteiger partial charge in [0.2, 0.25) is 4.33 Å². The van der Waals surface area contributed by atoms with Gasteiger partial charge in [-0.3, -0.25) is 0 Å². The molecule has 0 bridgehead atoms. The average Bonchev–Trinajstić information content (AvgIpc) is 2.60. The molecule has 24 heavy (non-hydrogen) atoms. The number of ether oxygens (including phenoxy) is 2. The van der Waals surface area contributed by atoms with E-state index in [1.807, 2.05) is 30.3 Å². The summed E-state index contributed by atoms with van der Waals surface area (Å²) in [6.07, 6.45) is 1.51. The molecule has 4 nitrogen and oxygen atoms in total. The summed E-state index contributed by atoms with van der Waals surface area (Å²) in [5.41, 5.74) is 2.30. The summed E-state index contributed by atoms with van der Waals surface area (Å²) < 4.78 is 8.26. The Morgan fingerprint density at radius 2 is 1.58 bits per heavy atom. The Hall–Kier alpha value is -1.91. The fraction of sp³-hybridized carbons (Fsp3) is 0.278. The summed E-state index contributed by atoms with van der Waals surface area (Å²) in [6.45, 7) is 0. The van der Waals surface area contributed by atoms with E-state index < -0.39 is 10.3 Å². The number of hydrogen-bond acceptors (Lipinski definition) is 3. The molecular weight excluding hydrogens is 351 g/mol. The number of hydrogen-bond donors (Lipinski definition) is 1. The van der Waals surface area contributed by atoms with Crippen LogP contribution in [0.25, 0.3) is 0 Å². The first-order valence-corrected chi connectivity index (χ1v) is 8.05. The lowest BCUT2D eigenvalue weighted by atomic mass is 10.0. The molecule has 0 spiro atoms. The molecule has 0 aromatic heterocycles. The van der Waals surface area contributed by atoms with Crippen LogP contribution in [0.3, 0.4) is 0 Å². The van der Waals surface area contributed by atoms with Gasteiger partial charge in [0.05, 0.1) is 14.2 Å². The molecule has 0 saturated carbocycles. The van der Waals surface area contributed by atoms with Gasteiger partial charge in [0.15, 0.2) is 0 Å². The smallest absolute Gasteiger partial charge is 0.345 e. The number of carboxylic acids is 1. The molecule has 0 atom stereocenters. The van der Waals surface area contributed by atoms with Gasteiger partial charge in [-0.2, -0.15) is 0 Å². The molecular formula is C18H18Cl2O4. The standard InChI is InChI=1S/C18H18Cl2O4/c1-23-14-8-5-12(6-9-14)3-4-13-7-10-16(24-2)15(11-13)18(19,20)17(21)22/h5-11H,3-4H2,1-2H3,(H,21,22). The maximum Gasteiger partial charge on any atom is 0.345 e. The van der Waals surface area contributed by atoms with Crippen LogP contribution in [0.4, 0.5) is 0 Å². The van der Waals surface area contributed by atoms with Crippen LogP contribution in [-0.2, 0) is 22.0 Å². The van der Waals surface area contributed by atoms with Gasteiger partial charge in [0.25, 0.3) is 0 Å². The van der Waals surface area contributed by atoms with Crippen molar-refractivity contribution in [3.05, 3.63) is 59.2 Å². The second kappa shape index (κ2) is 7.77. The Bertz CT molecular complexity index is 711. The van der Waals surface area contributed by atoms with Crippen molar-refractivity contribution in [2.75, 3.05) is 14.2 Å². The number of methoxy groups -OCH3 is 2. The van der Waals surface area contributed by atoms with Gasteiger partial charge < -0.3 is 14.6 Å². The highest BCUT2D eigenvalue weighted by molar-refractivity contribution is 6.56. The SMILES string of the molecule is COc1ccc(CCc2ccc(OC)c(C(Cl)(Cl)C(=O)O)c2)cc1. The van der Waals surface area contributed by atoms with Crippen LogP contribution in [0.2, 0.25) is 0 Å². The van der Waals surface area contributed by atoms with Gasteiger partial charge in [-0.05, 0) is 48.2 Å². The van der Waals surface area contributed by atoms with E-state index in [9.17, 15) is 9.90 Å². The molecule has 0 aliphatic rings. The van der Waals surface area contributed by atoms with Gasteiger partial charge >= 0.3 is 5.97 Å². The quantitative estimate of drug-likeness (QED) is 0.743. The second-order valence-corrected chi connectivity index (χ2v) is 6.59. The largest absolute Gasteiger partial charge is 0.497 e. The van der Waals surface area contributed by atoms with E-state index in [0.717, 1.165) is 23.3 Å². The summed E-state index contributed by atoms with van der Waals surface area (Å²) in [4.78, 5) is 11.3. The van der Waals surface area contributed by atoms with Crippen molar-refractivity contribution in [1.29, 1.82) is 0 Å². The van der Waals surface area contributed by atoms with Crippen molar-refractivity contribution in [2.24, 2.45) is 0 Å². The molecule has 1 N–H and O–H groups in total. The van der Waals surface area contributed by atoms with Crippen molar-refractivity contribution in [3.63, 3.8) is 0 Å². The highest BCUT2D eigenvalue weighted by atomic mass is 35.5. The van der Waals surface area contributed by atoms with Gasteiger partial charge in [-0.1, -0.05) is 41.4 Å². The van der Waals surface area contributed by atoms with E-state index in [4.69, 9.17) is 32.7 Å². The molecule has 0 unspecified atom stereocenters. The monoisotopic (exact) mass is 368 g/mol. The summed E-state index contributed by atoms with van der Waals surface area (Å²) in [7, 11) is 3.07. The molecule has 0 fully saturated rings. The van der Waals surface area contributed by atoms with E-state index in [1.165, 1.54) is 7.11 Å². The van der Waals surface area contributed by atoms with Gasteiger partial charge in [0.1, 0.15) is 11.5 Å². The van der Waals surface area contributed by atoms with Crippen LogP contribution in [0.15, 0.2) is 42.5 Å². The second-order valence-electron chi connectivity index (χ2n) is 5.26. The van der Waals surface area contributed by atoms with E-state index in [1.54, 1.807) is 19.2 Å². The third kappa shape index (κ3) is 4.13. The minimum Gasteiger partial charge on any atom is -0.497 e. The number of carbonyl (C=O) groups is 1. The topological polar surface area (TPSA) is 55.8 Å². The fourth-order valence-electron chi connectivity index (χ4n) is 2.35. The highest BCUT2D eigenvalue weighted by Gasteiger charge is 2.38. The van der Waals surface area contributed by atoms with Gasteiger partial charge in [-0.15, -0.1) is 0 Å². The predicted molar refractivity (Wildman–Crippen MR) is 94.4 cm³/mol. The number of rotatable bonds is 7. The molecule has 6 heteroatoms. The molecule has 0 heterocycles. The lowest BCUT2D eigenvalue weighted by molar-refractivity contribution is -0.138. The first-order chi connectivity index (χ1) is 11.4. The summed E-state index contributed by atoms with van der Waals surface area (Å²) in [5.74, 6) is -0.187. The van der Waals surface area contributed by atoms with Gasteiger partial charge in [0, 0.05) is 5.56 Å². The normalized spacial score (nSPS) is 11.2. The van der Waals surface area contributed by atoms with E-state index in [2.05, 4.69) is 0 Å². The molecule has 2 aromatic rings. The minimum absolute atomic E-state index is 0.230. The lowest BCUT2D eigenvalue weighted by Crippen LogP contribution is -2.23. The number of halogens is 2. The number of benzene rings is 2. The molecule has 0 radical (unpaired) electrons. The summed E-state index contributed by atoms with van der Waals surface area (Å²) in [6, 6.07) is 13.0. The summed E-state index contributed by atoms with van der Waals surface area (Å²) in [5, 5.41) is 9.23. The molecule has 0 amide bonds. The van der Waals surface area contributed by atoms with Crippen molar-refractivity contribution >= 4 is 29.2 Å². The Kier molecular flexibility index (Phi) is 5.97. The summed E-state index contributed by atoms with van der Waals surface area (Å²) >= 11 is 11.9. The Morgan fingerprint density at radius 1 is 1.00 bits per heavy atom. The lowest BCUT2D eigenvalue weighted by Gasteiger charge is -2.19. The number of carboxylic acid groups (broad SMARTS) is 1.